The summed E-state index contributed by atoms with van der Waals surface area (Å²) in [6.45, 7) is 13.3. The second kappa shape index (κ2) is 79.2. The van der Waals surface area contributed by atoms with E-state index in [1.165, 1.54) is 103 Å². The Hall–Kier alpha value is -5.34. The Kier molecular flexibility index (Phi) is 73.7. The van der Waals surface area contributed by atoms with Crippen molar-refractivity contribution in [2.24, 2.45) is 0 Å². The lowest BCUT2D eigenvalue weighted by atomic mass is 10.0. The van der Waals surface area contributed by atoms with Crippen molar-refractivity contribution in [3.05, 3.63) is 97.2 Å². The molecule has 2 N–H and O–H groups in total. The van der Waals surface area contributed by atoms with Gasteiger partial charge in [0.15, 0.2) is 0 Å². The van der Waals surface area contributed by atoms with Gasteiger partial charge in [-0.3, -0.25) is 38.6 Å². The first-order valence-electron chi connectivity index (χ1n) is 44.0. The number of piperazine rings is 1. The molecule has 0 saturated carbocycles. The van der Waals surface area contributed by atoms with Crippen molar-refractivity contribution in [1.82, 2.24) is 20.4 Å². The van der Waals surface area contributed by atoms with Crippen molar-refractivity contribution in [3.63, 3.8) is 0 Å². The summed E-state index contributed by atoms with van der Waals surface area (Å²) in [7, 11) is 0. The van der Waals surface area contributed by atoms with Crippen LogP contribution in [-0.2, 0) is 47.7 Å². The van der Waals surface area contributed by atoms with Gasteiger partial charge in [0.25, 0.3) is 0 Å². The molecule has 0 aliphatic carbocycles. The maximum atomic E-state index is 13.5. The van der Waals surface area contributed by atoms with Gasteiger partial charge >= 0.3 is 23.9 Å². The molecule has 2 amide bonds. The molecular formula is C92H160N4O10. The third-order valence-corrected chi connectivity index (χ3v) is 19.7. The number of unbranched alkanes of at least 4 members (excludes halogenated alkanes) is 34. The van der Waals surface area contributed by atoms with E-state index in [-0.39, 0.29) is 62.1 Å². The SMILES string of the molecule is CCCCC/C=C\C/C=C\CCCCCCCC(=O)OCCN(CCCCC1NC(=O)C(CCCCN(CCOC(=O)CCCCCCC/C=C\C/C=C\CCCCC)CCOC(=O)CCCCCCC/C=C\C/C=C\CCCCC)NC1=O)CCOC(=O)CCCCCCC/C=C\C/C=C\CCCCC. The van der Waals surface area contributed by atoms with Crippen LogP contribution in [0.1, 0.15) is 374 Å². The van der Waals surface area contributed by atoms with Crippen LogP contribution in [0.4, 0.5) is 0 Å². The Labute approximate surface area is 649 Å². The second-order valence-electron chi connectivity index (χ2n) is 29.6. The molecule has 14 nitrogen and oxygen atoms in total. The molecule has 1 rings (SSSR count). The van der Waals surface area contributed by atoms with E-state index in [1.54, 1.807) is 0 Å². The van der Waals surface area contributed by atoms with E-state index in [0.29, 0.717) is 90.6 Å². The molecule has 106 heavy (non-hydrogen) atoms. The third-order valence-electron chi connectivity index (χ3n) is 19.7. The van der Waals surface area contributed by atoms with Gasteiger partial charge in [-0.05, 0) is 206 Å². The van der Waals surface area contributed by atoms with Crippen LogP contribution in [0.5, 0.6) is 0 Å². The van der Waals surface area contributed by atoms with Crippen LogP contribution in [0.2, 0.25) is 0 Å². The van der Waals surface area contributed by atoms with Crippen LogP contribution in [-0.4, -0.2) is 123 Å². The van der Waals surface area contributed by atoms with Gasteiger partial charge in [-0.1, -0.05) is 253 Å². The summed E-state index contributed by atoms with van der Waals surface area (Å²) >= 11 is 0. The largest absolute Gasteiger partial charge is 0.464 e. The first-order chi connectivity index (χ1) is 52.1. The minimum Gasteiger partial charge on any atom is -0.464 e. The zero-order valence-corrected chi connectivity index (χ0v) is 68.6. The number of hydrogen-bond acceptors (Lipinski definition) is 12. The first-order valence-corrected chi connectivity index (χ1v) is 44.0. The molecule has 1 fully saturated rings. The van der Waals surface area contributed by atoms with Gasteiger partial charge in [0.1, 0.15) is 38.5 Å². The fourth-order valence-corrected chi connectivity index (χ4v) is 12.9. The molecule has 1 heterocycles. The van der Waals surface area contributed by atoms with E-state index in [9.17, 15) is 28.8 Å². The Morgan fingerprint density at radius 3 is 0.698 bits per heavy atom. The summed E-state index contributed by atoms with van der Waals surface area (Å²) in [4.78, 5) is 82.5. The number of esters is 4. The maximum Gasteiger partial charge on any atom is 0.305 e. The molecule has 1 aliphatic heterocycles. The molecule has 0 aromatic heterocycles. The monoisotopic (exact) mass is 1480 g/mol. The van der Waals surface area contributed by atoms with Crippen molar-refractivity contribution in [2.45, 2.75) is 387 Å². The summed E-state index contributed by atoms with van der Waals surface area (Å²) in [6.07, 6.45) is 91.4. The van der Waals surface area contributed by atoms with Gasteiger partial charge in [0.05, 0.1) is 0 Å². The van der Waals surface area contributed by atoms with Crippen LogP contribution in [0.25, 0.3) is 0 Å². The van der Waals surface area contributed by atoms with Gasteiger partial charge < -0.3 is 29.6 Å². The molecule has 14 heteroatoms. The standard InChI is InChI=1S/C92H160N4O10/c1-5-9-13-17-21-25-29-33-37-41-45-49-53-57-61-71-87(97)103-81-77-95(78-82-104-88(98)72-62-58-54-50-46-42-38-34-30-26-22-18-14-10-6-2)75-67-65-69-85-91(101)94-86(92(102)93-85)70-66-68-76-96(79-83-105-89(99)73-63-59-55-51-47-43-39-35-31-27-23-19-15-11-7-3)80-84-106-90(100)74-64-60-56-52-48-44-40-36-32-28-24-20-16-12-8-4/h21-28,33-40,85-86H,5-20,29-32,41-84H2,1-4H3,(H,93,102)(H,94,101)/b25-21-,26-22-,27-23-,28-24-,37-33-,38-34-,39-35-,40-36-. The van der Waals surface area contributed by atoms with Gasteiger partial charge in [-0.15, -0.1) is 0 Å². The molecule has 0 radical (unpaired) electrons. The lowest BCUT2D eigenvalue weighted by Crippen LogP contribution is -2.61. The number of carbonyl (C=O) groups excluding carboxylic acids is 6. The van der Waals surface area contributed by atoms with Crippen LogP contribution in [0.15, 0.2) is 97.2 Å². The summed E-state index contributed by atoms with van der Waals surface area (Å²) in [6, 6.07) is -1.26. The lowest BCUT2D eigenvalue weighted by molar-refractivity contribution is -0.146. The highest BCUT2D eigenvalue weighted by Crippen LogP contribution is 2.17. The number of rotatable bonds is 78. The quantitative estimate of drug-likeness (QED) is 0.0256. The topological polar surface area (TPSA) is 170 Å². The molecule has 1 aliphatic rings. The van der Waals surface area contributed by atoms with E-state index < -0.39 is 12.1 Å². The predicted molar refractivity (Wildman–Crippen MR) is 446 cm³/mol. The highest BCUT2D eigenvalue weighted by Gasteiger charge is 2.33. The predicted octanol–water partition coefficient (Wildman–Crippen LogP) is 23.3. The smallest absolute Gasteiger partial charge is 0.305 e. The number of allylic oxidation sites excluding steroid dienone is 16. The Morgan fingerprint density at radius 1 is 0.264 bits per heavy atom. The minimum atomic E-state index is -0.631. The summed E-state index contributed by atoms with van der Waals surface area (Å²) in [5, 5.41) is 6.00. The number of nitrogens with zero attached hydrogens (tertiary/aromatic N) is 2. The van der Waals surface area contributed by atoms with Crippen molar-refractivity contribution in [1.29, 1.82) is 0 Å². The Morgan fingerprint density at radius 2 is 0.472 bits per heavy atom. The van der Waals surface area contributed by atoms with Crippen molar-refractivity contribution in [3.8, 4) is 0 Å². The average molecular weight is 1480 g/mol. The van der Waals surface area contributed by atoms with E-state index in [0.717, 1.165) is 193 Å². The number of carbonyl (C=O) groups is 6. The van der Waals surface area contributed by atoms with E-state index >= 15 is 0 Å². The Balaban J connectivity index is 2.68. The highest BCUT2D eigenvalue weighted by molar-refractivity contribution is 5.96. The van der Waals surface area contributed by atoms with Gasteiger partial charge in [0, 0.05) is 51.9 Å². The van der Waals surface area contributed by atoms with Crippen molar-refractivity contribution < 1.29 is 47.7 Å². The highest BCUT2D eigenvalue weighted by atomic mass is 16.5. The summed E-state index contributed by atoms with van der Waals surface area (Å²) in [5.41, 5.74) is 0. The molecule has 0 spiro atoms. The molecule has 0 bridgehead atoms. The number of amides is 2. The van der Waals surface area contributed by atoms with Gasteiger partial charge in [-0.25, -0.2) is 0 Å². The molecule has 2 atom stereocenters. The number of hydrogen-bond donors (Lipinski definition) is 2. The minimum absolute atomic E-state index is 0.182. The second-order valence-corrected chi connectivity index (χ2v) is 29.6. The normalized spacial score (nSPS) is 14.4. The maximum absolute atomic E-state index is 13.5. The van der Waals surface area contributed by atoms with Crippen LogP contribution in [0, 0.1) is 0 Å². The number of nitrogens with one attached hydrogen (secondary N) is 2. The van der Waals surface area contributed by atoms with Crippen LogP contribution in [0.3, 0.4) is 0 Å². The average Bonchev–Trinajstić information content (AvgIpc) is 0.850. The lowest BCUT2D eigenvalue weighted by Gasteiger charge is -2.30. The molecule has 0 aromatic carbocycles. The summed E-state index contributed by atoms with van der Waals surface area (Å²) in [5.74, 6) is -1.11. The fraction of sp³-hybridized carbons (Fsp3) is 0.761. The zero-order chi connectivity index (χ0) is 76.6. The molecular weight excluding hydrogens is 1320 g/mol. The first kappa shape index (κ1) is 98.7. The Bertz CT molecular complexity index is 2040. The van der Waals surface area contributed by atoms with Gasteiger partial charge in [0.2, 0.25) is 11.8 Å². The van der Waals surface area contributed by atoms with Crippen LogP contribution >= 0.6 is 0 Å². The molecule has 2 unspecified atom stereocenters. The molecule has 1 saturated heterocycles. The van der Waals surface area contributed by atoms with Gasteiger partial charge in [-0.2, -0.15) is 0 Å². The number of ether oxygens (including phenoxy) is 4. The summed E-state index contributed by atoms with van der Waals surface area (Å²) < 4.78 is 22.9. The van der Waals surface area contributed by atoms with E-state index in [4.69, 9.17) is 18.9 Å². The zero-order valence-electron chi connectivity index (χ0n) is 68.6. The van der Waals surface area contributed by atoms with E-state index in [2.05, 4.69) is 145 Å². The van der Waals surface area contributed by atoms with Crippen molar-refractivity contribution >= 4 is 35.7 Å². The molecule has 0 aromatic rings. The fourth-order valence-electron chi connectivity index (χ4n) is 12.9. The van der Waals surface area contributed by atoms with Crippen LogP contribution < -0.4 is 10.6 Å². The van der Waals surface area contributed by atoms with E-state index in [1.807, 2.05) is 0 Å². The third kappa shape index (κ3) is 69.1. The molecule has 608 valence electrons. The van der Waals surface area contributed by atoms with Crippen molar-refractivity contribution in [2.75, 3.05) is 65.7 Å².